The summed E-state index contributed by atoms with van der Waals surface area (Å²) < 4.78 is 35.1. The van der Waals surface area contributed by atoms with E-state index in [1.807, 2.05) is 0 Å². The first-order valence-corrected chi connectivity index (χ1v) is 6.17. The minimum absolute atomic E-state index is 0.246. The van der Waals surface area contributed by atoms with Gasteiger partial charge in [0.15, 0.2) is 6.10 Å². The molecule has 8 heteroatoms. The molecule has 0 heterocycles. The van der Waals surface area contributed by atoms with Crippen molar-refractivity contribution in [1.29, 1.82) is 0 Å². The van der Waals surface area contributed by atoms with E-state index in [2.05, 4.69) is 8.92 Å². The third-order valence-corrected chi connectivity index (χ3v) is 1.84. The minimum Gasteiger partial charge on any atom is -0.462 e. The van der Waals surface area contributed by atoms with E-state index in [0.29, 0.717) is 0 Å². The monoisotopic (exact) mass is 254 g/mol. The van der Waals surface area contributed by atoms with Crippen LogP contribution >= 0.6 is 0 Å². The molecule has 0 bridgehead atoms. The molecule has 1 unspecified atom stereocenters. The molecule has 0 rings (SSSR count). The van der Waals surface area contributed by atoms with E-state index < -0.39 is 28.2 Å². The molecule has 0 aromatic rings. The Morgan fingerprint density at radius 1 is 1.12 bits per heavy atom. The van der Waals surface area contributed by atoms with Crippen molar-refractivity contribution in [3.05, 3.63) is 0 Å². The minimum atomic E-state index is -3.63. The smallest absolute Gasteiger partial charge is 0.303 e. The molecule has 0 radical (unpaired) electrons. The van der Waals surface area contributed by atoms with Crippen LogP contribution in [0.2, 0.25) is 0 Å². The van der Waals surface area contributed by atoms with Gasteiger partial charge in [-0.2, -0.15) is 8.42 Å². The first-order valence-electron chi connectivity index (χ1n) is 4.35. The third kappa shape index (κ3) is 9.41. The van der Waals surface area contributed by atoms with E-state index >= 15 is 0 Å². The Balaban J connectivity index is 4.20. The lowest BCUT2D eigenvalue weighted by Gasteiger charge is -2.15. The highest BCUT2D eigenvalue weighted by atomic mass is 32.2. The zero-order chi connectivity index (χ0) is 12.8. The number of esters is 2. The first kappa shape index (κ1) is 14.8. The summed E-state index contributed by atoms with van der Waals surface area (Å²) in [5.74, 6) is -1.18. The van der Waals surface area contributed by atoms with Crippen LogP contribution in [-0.4, -0.2) is 45.9 Å². The van der Waals surface area contributed by atoms with Gasteiger partial charge in [0.1, 0.15) is 13.2 Å². The van der Waals surface area contributed by atoms with Gasteiger partial charge in [0, 0.05) is 13.8 Å². The first-order chi connectivity index (χ1) is 7.20. The van der Waals surface area contributed by atoms with E-state index in [0.717, 1.165) is 13.2 Å². The lowest BCUT2D eigenvalue weighted by Crippen LogP contribution is -2.29. The highest BCUT2D eigenvalue weighted by molar-refractivity contribution is 7.85. The summed E-state index contributed by atoms with van der Waals surface area (Å²) in [5.41, 5.74) is 0. The Bertz CT molecular complexity index is 345. The van der Waals surface area contributed by atoms with Gasteiger partial charge in [-0.25, -0.2) is 0 Å². The summed E-state index contributed by atoms with van der Waals surface area (Å²) in [6.07, 6.45) is -0.0694. The number of ether oxygens (including phenoxy) is 2. The van der Waals surface area contributed by atoms with Crippen molar-refractivity contribution in [2.24, 2.45) is 0 Å². The predicted molar refractivity (Wildman–Crippen MR) is 53.0 cm³/mol. The molecule has 0 spiro atoms. The Labute approximate surface area is 93.8 Å². The van der Waals surface area contributed by atoms with Crippen molar-refractivity contribution in [2.45, 2.75) is 20.0 Å². The fourth-order valence-corrected chi connectivity index (χ4v) is 1.16. The number of rotatable bonds is 6. The molecule has 0 N–H and O–H groups in total. The molecule has 0 aliphatic rings. The normalized spacial score (nSPS) is 12.9. The quantitative estimate of drug-likeness (QED) is 0.463. The van der Waals surface area contributed by atoms with Gasteiger partial charge in [-0.05, 0) is 0 Å². The molecular formula is C8H14O7S. The second-order valence-corrected chi connectivity index (χ2v) is 4.67. The van der Waals surface area contributed by atoms with Gasteiger partial charge in [-0.15, -0.1) is 0 Å². The Morgan fingerprint density at radius 2 is 1.69 bits per heavy atom. The van der Waals surface area contributed by atoms with Crippen molar-refractivity contribution in [1.82, 2.24) is 0 Å². The van der Waals surface area contributed by atoms with Crippen LogP contribution in [0, 0.1) is 0 Å². The van der Waals surface area contributed by atoms with Crippen molar-refractivity contribution in [2.75, 3.05) is 19.5 Å². The maximum atomic E-state index is 10.7. The van der Waals surface area contributed by atoms with Gasteiger partial charge in [0.2, 0.25) is 0 Å². The average molecular weight is 254 g/mol. The maximum Gasteiger partial charge on any atom is 0.303 e. The van der Waals surface area contributed by atoms with E-state index in [4.69, 9.17) is 4.74 Å². The topological polar surface area (TPSA) is 96.0 Å². The van der Waals surface area contributed by atoms with Gasteiger partial charge < -0.3 is 9.47 Å². The Morgan fingerprint density at radius 3 is 2.06 bits per heavy atom. The molecule has 0 fully saturated rings. The van der Waals surface area contributed by atoms with Crippen LogP contribution < -0.4 is 0 Å². The van der Waals surface area contributed by atoms with Crippen molar-refractivity contribution < 1.29 is 31.7 Å². The van der Waals surface area contributed by atoms with E-state index in [1.165, 1.54) is 6.92 Å². The fraction of sp³-hybridized carbons (Fsp3) is 0.750. The molecule has 0 aliphatic carbocycles. The molecule has 7 nitrogen and oxygen atoms in total. The lowest BCUT2D eigenvalue weighted by molar-refractivity contribution is -0.157. The highest BCUT2D eigenvalue weighted by Gasteiger charge is 2.17. The molecule has 0 aliphatic heterocycles. The van der Waals surface area contributed by atoms with E-state index in [1.54, 1.807) is 0 Å². The number of hydrogen-bond donors (Lipinski definition) is 0. The molecular weight excluding hydrogens is 240 g/mol. The summed E-state index contributed by atoms with van der Waals surface area (Å²) in [6, 6.07) is 0. The molecule has 0 aromatic heterocycles. The second kappa shape index (κ2) is 6.44. The molecule has 0 aromatic carbocycles. The van der Waals surface area contributed by atoms with Crippen molar-refractivity contribution >= 4 is 22.1 Å². The van der Waals surface area contributed by atoms with Crippen LogP contribution in [0.1, 0.15) is 13.8 Å². The molecule has 16 heavy (non-hydrogen) atoms. The Kier molecular flexibility index (Phi) is 5.97. The van der Waals surface area contributed by atoms with Crippen LogP contribution in [0.15, 0.2) is 0 Å². The van der Waals surface area contributed by atoms with Crippen LogP contribution in [0.3, 0.4) is 0 Å². The van der Waals surface area contributed by atoms with Crippen LogP contribution in [0.4, 0.5) is 0 Å². The average Bonchev–Trinajstić information content (AvgIpc) is 2.07. The molecule has 0 saturated carbocycles. The van der Waals surface area contributed by atoms with Gasteiger partial charge in [0.25, 0.3) is 10.1 Å². The van der Waals surface area contributed by atoms with Gasteiger partial charge in [0.05, 0.1) is 6.26 Å². The van der Waals surface area contributed by atoms with Gasteiger partial charge in [-0.3, -0.25) is 13.8 Å². The molecule has 0 saturated heterocycles. The van der Waals surface area contributed by atoms with Crippen molar-refractivity contribution in [3.8, 4) is 0 Å². The maximum absolute atomic E-state index is 10.7. The lowest BCUT2D eigenvalue weighted by atomic mass is 10.4. The SMILES string of the molecule is CC(=O)OCC(COS(C)(=O)=O)OC(C)=O. The largest absolute Gasteiger partial charge is 0.462 e. The summed E-state index contributed by atoms with van der Waals surface area (Å²) in [6.45, 7) is 1.71. The summed E-state index contributed by atoms with van der Waals surface area (Å²) in [5, 5.41) is 0. The van der Waals surface area contributed by atoms with E-state index in [9.17, 15) is 18.0 Å². The molecule has 94 valence electrons. The second-order valence-electron chi connectivity index (χ2n) is 3.02. The van der Waals surface area contributed by atoms with Crippen LogP contribution in [-0.2, 0) is 33.4 Å². The Hall–Kier alpha value is -1.15. The van der Waals surface area contributed by atoms with Gasteiger partial charge in [-0.1, -0.05) is 0 Å². The standard InChI is InChI=1S/C8H14O7S/c1-6(9)13-4-8(15-7(2)10)5-14-16(3,11)12/h8H,4-5H2,1-3H3. The van der Waals surface area contributed by atoms with Crippen molar-refractivity contribution in [3.63, 3.8) is 0 Å². The highest BCUT2D eigenvalue weighted by Crippen LogP contribution is 1.99. The summed E-state index contributed by atoms with van der Waals surface area (Å²) >= 11 is 0. The van der Waals surface area contributed by atoms with Gasteiger partial charge >= 0.3 is 11.9 Å². The third-order valence-electron chi connectivity index (χ3n) is 1.27. The zero-order valence-electron chi connectivity index (χ0n) is 9.26. The number of hydrogen-bond acceptors (Lipinski definition) is 7. The fourth-order valence-electron chi connectivity index (χ4n) is 0.761. The zero-order valence-corrected chi connectivity index (χ0v) is 10.1. The number of carbonyl (C=O) groups is 2. The van der Waals surface area contributed by atoms with E-state index in [-0.39, 0.29) is 13.2 Å². The van der Waals surface area contributed by atoms with Crippen LogP contribution in [0.5, 0.6) is 0 Å². The summed E-state index contributed by atoms with van der Waals surface area (Å²) in [4.78, 5) is 21.2. The van der Waals surface area contributed by atoms with Crippen LogP contribution in [0.25, 0.3) is 0 Å². The molecule has 0 amide bonds. The predicted octanol–water partition coefficient (Wildman–Crippen LogP) is -0.543. The summed E-state index contributed by atoms with van der Waals surface area (Å²) in [7, 11) is -3.63. The number of carbonyl (C=O) groups excluding carboxylic acids is 2. The molecule has 1 atom stereocenters.